The third-order valence-electron chi connectivity index (χ3n) is 2.66. The summed E-state index contributed by atoms with van der Waals surface area (Å²) in [5.74, 6) is 0. The van der Waals surface area contributed by atoms with E-state index in [1.807, 2.05) is 0 Å². The molecule has 1 rings (SSSR count). The molecule has 2 atom stereocenters. The SMILES string of the molecule is COCCCN[C@@H]1CCCC[C@@H]1O. The molecule has 1 aliphatic carbocycles. The lowest BCUT2D eigenvalue weighted by Crippen LogP contribution is -2.42. The van der Waals surface area contributed by atoms with E-state index < -0.39 is 0 Å². The van der Waals surface area contributed by atoms with Gasteiger partial charge in [0, 0.05) is 19.8 Å². The Morgan fingerprint density at radius 1 is 1.38 bits per heavy atom. The summed E-state index contributed by atoms with van der Waals surface area (Å²) in [7, 11) is 1.72. The molecule has 0 heterocycles. The highest BCUT2D eigenvalue weighted by Crippen LogP contribution is 2.17. The summed E-state index contributed by atoms with van der Waals surface area (Å²) in [6.45, 7) is 1.76. The highest BCUT2D eigenvalue weighted by atomic mass is 16.5. The van der Waals surface area contributed by atoms with Gasteiger partial charge < -0.3 is 15.2 Å². The molecule has 0 aliphatic heterocycles. The van der Waals surface area contributed by atoms with Crippen molar-refractivity contribution in [1.29, 1.82) is 0 Å². The summed E-state index contributed by atoms with van der Waals surface area (Å²) < 4.78 is 4.96. The van der Waals surface area contributed by atoms with E-state index >= 15 is 0 Å². The van der Waals surface area contributed by atoms with Crippen LogP contribution < -0.4 is 5.32 Å². The standard InChI is InChI=1S/C10H21NO2/c1-13-8-4-7-11-9-5-2-3-6-10(9)12/h9-12H,2-8H2,1H3/t9-,10+/m1/s1. The number of ether oxygens (including phenoxy) is 1. The molecule has 78 valence electrons. The fourth-order valence-electron chi connectivity index (χ4n) is 1.85. The van der Waals surface area contributed by atoms with Crippen molar-refractivity contribution >= 4 is 0 Å². The lowest BCUT2D eigenvalue weighted by molar-refractivity contribution is 0.0893. The zero-order valence-corrected chi connectivity index (χ0v) is 8.46. The van der Waals surface area contributed by atoms with Crippen molar-refractivity contribution in [3.63, 3.8) is 0 Å². The normalized spacial score (nSPS) is 29.1. The van der Waals surface area contributed by atoms with Crippen molar-refractivity contribution in [2.75, 3.05) is 20.3 Å². The van der Waals surface area contributed by atoms with Crippen LogP contribution in [0, 0.1) is 0 Å². The van der Waals surface area contributed by atoms with Crippen molar-refractivity contribution in [2.24, 2.45) is 0 Å². The Hall–Kier alpha value is -0.120. The third-order valence-corrected chi connectivity index (χ3v) is 2.66. The van der Waals surface area contributed by atoms with E-state index in [0.29, 0.717) is 6.04 Å². The van der Waals surface area contributed by atoms with Crippen molar-refractivity contribution in [2.45, 2.75) is 44.2 Å². The van der Waals surface area contributed by atoms with E-state index in [4.69, 9.17) is 4.74 Å². The molecular weight excluding hydrogens is 166 g/mol. The van der Waals surface area contributed by atoms with Crippen LogP contribution in [0.5, 0.6) is 0 Å². The predicted molar refractivity (Wildman–Crippen MR) is 52.8 cm³/mol. The molecule has 0 radical (unpaired) electrons. The highest BCUT2D eigenvalue weighted by molar-refractivity contribution is 4.79. The third kappa shape index (κ3) is 4.07. The van der Waals surface area contributed by atoms with E-state index in [0.717, 1.165) is 32.4 Å². The van der Waals surface area contributed by atoms with E-state index in [9.17, 15) is 5.11 Å². The van der Waals surface area contributed by atoms with Gasteiger partial charge in [0.2, 0.25) is 0 Å². The maximum atomic E-state index is 9.63. The minimum Gasteiger partial charge on any atom is -0.392 e. The second kappa shape index (κ2) is 6.35. The molecule has 1 fully saturated rings. The first-order valence-corrected chi connectivity index (χ1v) is 5.25. The van der Waals surface area contributed by atoms with Crippen LogP contribution >= 0.6 is 0 Å². The first-order chi connectivity index (χ1) is 6.34. The first-order valence-electron chi connectivity index (χ1n) is 5.25. The molecule has 0 spiro atoms. The number of hydrogen-bond donors (Lipinski definition) is 2. The molecule has 2 N–H and O–H groups in total. The molecule has 13 heavy (non-hydrogen) atoms. The van der Waals surface area contributed by atoms with Gasteiger partial charge in [0.25, 0.3) is 0 Å². The molecule has 0 unspecified atom stereocenters. The van der Waals surface area contributed by atoms with Gasteiger partial charge in [-0.1, -0.05) is 12.8 Å². The number of nitrogens with one attached hydrogen (secondary N) is 1. The monoisotopic (exact) mass is 187 g/mol. The fraction of sp³-hybridized carbons (Fsp3) is 1.00. The molecule has 0 aromatic heterocycles. The lowest BCUT2D eigenvalue weighted by atomic mass is 9.92. The number of rotatable bonds is 5. The fourth-order valence-corrected chi connectivity index (χ4v) is 1.85. The molecular formula is C10H21NO2. The van der Waals surface area contributed by atoms with Crippen molar-refractivity contribution in [3.05, 3.63) is 0 Å². The van der Waals surface area contributed by atoms with Gasteiger partial charge in [-0.2, -0.15) is 0 Å². The summed E-state index contributed by atoms with van der Waals surface area (Å²) in [6.07, 6.45) is 5.41. The van der Waals surface area contributed by atoms with Gasteiger partial charge in [-0.05, 0) is 25.8 Å². The predicted octanol–water partition coefficient (Wildman–Crippen LogP) is 0.916. The average molecular weight is 187 g/mol. The summed E-state index contributed by atoms with van der Waals surface area (Å²) in [5, 5.41) is 13.0. The molecule has 1 aliphatic rings. The molecule has 0 aromatic rings. The summed E-state index contributed by atoms with van der Waals surface area (Å²) in [4.78, 5) is 0. The Morgan fingerprint density at radius 3 is 2.85 bits per heavy atom. The van der Waals surface area contributed by atoms with Crippen molar-refractivity contribution in [3.8, 4) is 0 Å². The quantitative estimate of drug-likeness (QED) is 0.629. The molecule has 0 aromatic carbocycles. The molecule has 3 heteroatoms. The Labute approximate surface area is 80.5 Å². The Balaban J connectivity index is 2.05. The zero-order chi connectivity index (χ0) is 9.52. The Kier molecular flexibility index (Phi) is 5.35. The molecule has 0 amide bonds. The Morgan fingerprint density at radius 2 is 2.15 bits per heavy atom. The lowest BCUT2D eigenvalue weighted by Gasteiger charge is -2.28. The molecule has 1 saturated carbocycles. The van der Waals surface area contributed by atoms with Crippen molar-refractivity contribution < 1.29 is 9.84 Å². The van der Waals surface area contributed by atoms with Crippen LogP contribution in [-0.2, 0) is 4.74 Å². The minimum atomic E-state index is -0.128. The second-order valence-corrected chi connectivity index (χ2v) is 3.76. The van der Waals surface area contributed by atoms with Gasteiger partial charge in [0.15, 0.2) is 0 Å². The second-order valence-electron chi connectivity index (χ2n) is 3.76. The van der Waals surface area contributed by atoms with E-state index in [-0.39, 0.29) is 6.10 Å². The van der Waals surface area contributed by atoms with Crippen LogP contribution in [0.1, 0.15) is 32.1 Å². The molecule has 3 nitrogen and oxygen atoms in total. The number of hydrogen-bond acceptors (Lipinski definition) is 3. The summed E-state index contributed by atoms with van der Waals surface area (Å²) in [5.41, 5.74) is 0. The van der Waals surface area contributed by atoms with Gasteiger partial charge >= 0.3 is 0 Å². The first kappa shape index (κ1) is 11.0. The molecule has 0 saturated heterocycles. The maximum absolute atomic E-state index is 9.63. The van der Waals surface area contributed by atoms with Crippen molar-refractivity contribution in [1.82, 2.24) is 5.32 Å². The van der Waals surface area contributed by atoms with Crippen LogP contribution in [0.3, 0.4) is 0 Å². The largest absolute Gasteiger partial charge is 0.392 e. The number of methoxy groups -OCH3 is 1. The Bertz CT molecular complexity index is 130. The maximum Gasteiger partial charge on any atom is 0.0693 e. The van der Waals surface area contributed by atoms with Crippen LogP contribution in [0.2, 0.25) is 0 Å². The van der Waals surface area contributed by atoms with Gasteiger partial charge in [-0.25, -0.2) is 0 Å². The van der Waals surface area contributed by atoms with E-state index in [1.54, 1.807) is 7.11 Å². The highest BCUT2D eigenvalue weighted by Gasteiger charge is 2.21. The van der Waals surface area contributed by atoms with Crippen LogP contribution in [0.4, 0.5) is 0 Å². The summed E-state index contributed by atoms with van der Waals surface area (Å²) in [6, 6.07) is 0.325. The van der Waals surface area contributed by atoms with E-state index in [1.165, 1.54) is 12.8 Å². The molecule has 0 bridgehead atoms. The van der Waals surface area contributed by atoms with Crippen LogP contribution in [0.15, 0.2) is 0 Å². The number of aliphatic hydroxyl groups is 1. The topological polar surface area (TPSA) is 41.5 Å². The number of aliphatic hydroxyl groups excluding tert-OH is 1. The average Bonchev–Trinajstić information content (AvgIpc) is 2.15. The van der Waals surface area contributed by atoms with Crippen LogP contribution in [-0.4, -0.2) is 37.5 Å². The van der Waals surface area contributed by atoms with E-state index in [2.05, 4.69) is 5.32 Å². The minimum absolute atomic E-state index is 0.128. The van der Waals surface area contributed by atoms with Gasteiger partial charge in [0.1, 0.15) is 0 Å². The summed E-state index contributed by atoms with van der Waals surface area (Å²) >= 11 is 0. The van der Waals surface area contributed by atoms with Crippen LogP contribution in [0.25, 0.3) is 0 Å². The van der Waals surface area contributed by atoms with Gasteiger partial charge in [-0.3, -0.25) is 0 Å². The van der Waals surface area contributed by atoms with Gasteiger partial charge in [-0.15, -0.1) is 0 Å². The van der Waals surface area contributed by atoms with Gasteiger partial charge in [0.05, 0.1) is 6.10 Å². The zero-order valence-electron chi connectivity index (χ0n) is 8.46. The smallest absolute Gasteiger partial charge is 0.0693 e.